The van der Waals surface area contributed by atoms with Crippen molar-refractivity contribution < 1.29 is 17.7 Å². The molecule has 0 aliphatic rings. The molecular formula is C20H29ClN4O4S. The minimum Gasteiger partial charge on any atom is -0.339 e. The zero-order valence-electron chi connectivity index (χ0n) is 18.0. The van der Waals surface area contributed by atoms with Crippen molar-refractivity contribution >= 4 is 33.2 Å². The van der Waals surface area contributed by atoms with Crippen LogP contribution >= 0.6 is 11.6 Å². The highest BCUT2D eigenvalue weighted by Crippen LogP contribution is 2.27. The van der Waals surface area contributed by atoms with E-state index in [0.29, 0.717) is 37.6 Å². The van der Waals surface area contributed by atoms with Crippen LogP contribution in [0.4, 0.5) is 5.69 Å². The lowest BCUT2D eigenvalue weighted by molar-refractivity contribution is -0.116. The molecule has 8 nitrogen and oxygen atoms in total. The molecule has 2 aromatic rings. The first-order valence-corrected chi connectivity index (χ1v) is 11.7. The highest BCUT2D eigenvalue weighted by molar-refractivity contribution is 7.89. The lowest BCUT2D eigenvalue weighted by Crippen LogP contribution is -2.30. The number of hydrogen-bond donors (Lipinski definition) is 1. The molecule has 166 valence electrons. The van der Waals surface area contributed by atoms with E-state index in [1.165, 1.54) is 22.5 Å². The average molecular weight is 457 g/mol. The Morgan fingerprint density at radius 1 is 1.23 bits per heavy atom. The van der Waals surface area contributed by atoms with E-state index in [0.717, 1.165) is 0 Å². The second-order valence-electron chi connectivity index (χ2n) is 7.89. The third-order valence-electron chi connectivity index (χ3n) is 4.49. The number of amides is 1. The monoisotopic (exact) mass is 456 g/mol. The fraction of sp³-hybridized carbons (Fsp3) is 0.550. The van der Waals surface area contributed by atoms with Crippen molar-refractivity contribution in [2.45, 2.75) is 64.2 Å². The Bertz CT molecular complexity index is 979. The van der Waals surface area contributed by atoms with Crippen LogP contribution in [0.15, 0.2) is 27.6 Å². The third kappa shape index (κ3) is 6.02. The number of benzene rings is 1. The predicted octanol–water partition coefficient (Wildman–Crippen LogP) is 4.01. The van der Waals surface area contributed by atoms with Crippen LogP contribution in [0, 0.1) is 0 Å². The molecule has 30 heavy (non-hydrogen) atoms. The number of sulfonamides is 1. The van der Waals surface area contributed by atoms with Gasteiger partial charge < -0.3 is 9.84 Å². The van der Waals surface area contributed by atoms with E-state index in [4.69, 9.17) is 16.1 Å². The van der Waals surface area contributed by atoms with E-state index in [1.54, 1.807) is 13.8 Å². The Hall–Kier alpha value is -1.97. The minimum absolute atomic E-state index is 0.0893. The number of carbonyl (C=O) groups excluding carboxylic acids is 1. The Labute approximate surface area is 183 Å². The van der Waals surface area contributed by atoms with Gasteiger partial charge in [-0.25, -0.2) is 8.42 Å². The highest BCUT2D eigenvalue weighted by atomic mass is 35.5. The van der Waals surface area contributed by atoms with Crippen LogP contribution in [0.5, 0.6) is 0 Å². The quantitative estimate of drug-likeness (QED) is 0.611. The summed E-state index contributed by atoms with van der Waals surface area (Å²) < 4.78 is 32.0. The molecular weight excluding hydrogens is 428 g/mol. The minimum atomic E-state index is -3.64. The molecule has 0 aliphatic carbocycles. The molecule has 1 N–H and O–H groups in total. The van der Waals surface area contributed by atoms with Crippen LogP contribution in [-0.2, 0) is 26.7 Å². The largest absolute Gasteiger partial charge is 0.339 e. The van der Waals surface area contributed by atoms with E-state index >= 15 is 0 Å². The van der Waals surface area contributed by atoms with Gasteiger partial charge in [-0.05, 0) is 24.6 Å². The van der Waals surface area contributed by atoms with E-state index in [-0.39, 0.29) is 33.3 Å². The van der Waals surface area contributed by atoms with Gasteiger partial charge in [0.1, 0.15) is 0 Å². The number of rotatable bonds is 9. The molecule has 0 unspecified atom stereocenters. The van der Waals surface area contributed by atoms with E-state index in [1.807, 2.05) is 20.8 Å². The van der Waals surface area contributed by atoms with Gasteiger partial charge in [-0.3, -0.25) is 4.79 Å². The van der Waals surface area contributed by atoms with Crippen LogP contribution in [0.2, 0.25) is 5.02 Å². The molecule has 10 heteroatoms. The molecule has 0 bridgehead atoms. The maximum absolute atomic E-state index is 12.7. The summed E-state index contributed by atoms with van der Waals surface area (Å²) in [7, 11) is -3.64. The van der Waals surface area contributed by atoms with Crippen molar-refractivity contribution in [1.82, 2.24) is 14.4 Å². The van der Waals surface area contributed by atoms with Crippen molar-refractivity contribution in [1.29, 1.82) is 0 Å². The second-order valence-corrected chi connectivity index (χ2v) is 10.2. The van der Waals surface area contributed by atoms with Gasteiger partial charge in [-0.15, -0.1) is 0 Å². The van der Waals surface area contributed by atoms with E-state index in [2.05, 4.69) is 15.5 Å². The second kappa shape index (κ2) is 9.89. The number of nitrogens with zero attached hydrogens (tertiary/aromatic N) is 3. The van der Waals surface area contributed by atoms with Gasteiger partial charge in [-0.1, -0.05) is 51.4 Å². The van der Waals surface area contributed by atoms with Crippen LogP contribution in [0.25, 0.3) is 0 Å². The van der Waals surface area contributed by atoms with Crippen LogP contribution in [0.1, 0.15) is 59.2 Å². The summed E-state index contributed by atoms with van der Waals surface area (Å²) in [4.78, 5) is 16.8. The van der Waals surface area contributed by atoms with Gasteiger partial charge in [0.25, 0.3) is 0 Å². The molecule has 0 radical (unpaired) electrons. The Morgan fingerprint density at radius 3 is 2.47 bits per heavy atom. The zero-order chi connectivity index (χ0) is 22.5. The smallest absolute Gasteiger partial charge is 0.243 e. The van der Waals surface area contributed by atoms with Crippen molar-refractivity contribution in [3.05, 3.63) is 34.9 Å². The summed E-state index contributed by atoms with van der Waals surface area (Å²) in [5.74, 6) is 0.836. The van der Waals surface area contributed by atoms with Crippen molar-refractivity contribution in [2.24, 2.45) is 0 Å². The summed E-state index contributed by atoms with van der Waals surface area (Å²) in [5, 5.41) is 6.93. The van der Waals surface area contributed by atoms with Gasteiger partial charge >= 0.3 is 0 Å². The topological polar surface area (TPSA) is 105 Å². The van der Waals surface area contributed by atoms with Gasteiger partial charge in [-0.2, -0.15) is 9.29 Å². The number of anilines is 1. The normalized spacial score (nSPS) is 12.4. The van der Waals surface area contributed by atoms with Crippen molar-refractivity contribution in [3.63, 3.8) is 0 Å². The third-order valence-corrected chi connectivity index (χ3v) is 6.86. The summed E-state index contributed by atoms with van der Waals surface area (Å²) in [6.07, 6.45) is 1.18. The molecule has 0 saturated heterocycles. The predicted molar refractivity (Wildman–Crippen MR) is 116 cm³/mol. The Balaban J connectivity index is 2.00. The molecule has 0 saturated carbocycles. The summed E-state index contributed by atoms with van der Waals surface area (Å²) in [5.41, 5.74) is 0.0644. The van der Waals surface area contributed by atoms with Crippen molar-refractivity contribution in [3.8, 4) is 0 Å². The molecule has 1 aromatic heterocycles. The lowest BCUT2D eigenvalue weighted by atomic mass is 9.96. The summed E-state index contributed by atoms with van der Waals surface area (Å²) in [6, 6.07) is 4.30. The van der Waals surface area contributed by atoms with Gasteiger partial charge in [0.15, 0.2) is 5.82 Å². The molecule has 1 heterocycles. The molecule has 1 amide bonds. The van der Waals surface area contributed by atoms with E-state index in [9.17, 15) is 13.2 Å². The number of aromatic nitrogens is 2. The van der Waals surface area contributed by atoms with Gasteiger partial charge in [0.05, 0.1) is 15.6 Å². The average Bonchev–Trinajstić information content (AvgIpc) is 3.13. The first-order chi connectivity index (χ1) is 14.0. The van der Waals surface area contributed by atoms with Crippen LogP contribution in [-0.4, -0.2) is 41.9 Å². The first kappa shape index (κ1) is 24.3. The summed E-state index contributed by atoms with van der Waals surface area (Å²) >= 11 is 6.16. The molecule has 0 fully saturated rings. The number of halogens is 1. The van der Waals surface area contributed by atoms with E-state index < -0.39 is 10.0 Å². The number of nitrogens with one attached hydrogen (secondary N) is 1. The number of hydrogen-bond acceptors (Lipinski definition) is 6. The zero-order valence-corrected chi connectivity index (χ0v) is 19.6. The standard InChI is InChI=1S/C20H29ClN4O4S/c1-6-25(7-2)30(27,28)14-11-12-15(21)16(13-14)22-17(26)9-8-10-18-23-19(24-29-18)20(3,4)5/h11-13H,6-10H2,1-5H3,(H,22,26). The Morgan fingerprint density at radius 2 is 1.90 bits per heavy atom. The van der Waals surface area contributed by atoms with Crippen molar-refractivity contribution in [2.75, 3.05) is 18.4 Å². The molecule has 0 spiro atoms. The SMILES string of the molecule is CCN(CC)S(=O)(=O)c1ccc(Cl)c(NC(=O)CCCc2nc(C(C)(C)C)no2)c1. The van der Waals surface area contributed by atoms with Gasteiger partial charge in [0.2, 0.25) is 21.8 Å². The molecule has 1 aromatic carbocycles. The first-order valence-electron chi connectivity index (χ1n) is 9.91. The van der Waals surface area contributed by atoms with Gasteiger partial charge in [0, 0.05) is 31.3 Å². The fourth-order valence-electron chi connectivity index (χ4n) is 2.75. The lowest BCUT2D eigenvalue weighted by Gasteiger charge is -2.19. The number of carbonyl (C=O) groups is 1. The maximum Gasteiger partial charge on any atom is 0.243 e. The molecule has 0 aliphatic heterocycles. The number of aryl methyl sites for hydroxylation is 1. The van der Waals surface area contributed by atoms with Crippen LogP contribution in [0.3, 0.4) is 0 Å². The fourth-order valence-corrected chi connectivity index (χ4v) is 4.40. The highest BCUT2D eigenvalue weighted by Gasteiger charge is 2.23. The maximum atomic E-state index is 12.7. The Kier molecular flexibility index (Phi) is 8.01. The molecule has 0 atom stereocenters. The summed E-state index contributed by atoms with van der Waals surface area (Å²) in [6.45, 7) is 10.2. The van der Waals surface area contributed by atoms with Crippen LogP contribution < -0.4 is 5.32 Å². The molecule has 2 rings (SSSR count).